The van der Waals surface area contributed by atoms with Crippen molar-refractivity contribution in [1.82, 2.24) is 9.97 Å². The van der Waals surface area contributed by atoms with E-state index in [1.54, 1.807) is 21.3 Å². The molecule has 1 N–H and O–H groups in total. The summed E-state index contributed by atoms with van der Waals surface area (Å²) in [6.07, 6.45) is 2.51. The molecule has 6 heteroatoms. The second-order valence-corrected chi connectivity index (χ2v) is 4.72. The predicted octanol–water partition coefficient (Wildman–Crippen LogP) is 2.87. The Morgan fingerprint density at radius 2 is 1.81 bits per heavy atom. The van der Waals surface area contributed by atoms with Gasteiger partial charge in [-0.25, -0.2) is 9.97 Å². The number of ether oxygens (including phenoxy) is 3. The summed E-state index contributed by atoms with van der Waals surface area (Å²) in [5, 5.41) is 4.21. The van der Waals surface area contributed by atoms with E-state index in [2.05, 4.69) is 29.1 Å². The third kappa shape index (κ3) is 2.79. The Morgan fingerprint density at radius 1 is 1.10 bits per heavy atom. The van der Waals surface area contributed by atoms with Crippen molar-refractivity contribution in [3.05, 3.63) is 12.4 Å². The Hall–Kier alpha value is -2.24. The standard InChI is InChI=1S/C15H21N3O3/c1-6-9(2)18-15-10-7-11(19-3)13(20-4)14(21-5)12(10)16-8-17-15/h7-9H,6H2,1-5H3,(H,16,17,18). The van der Waals surface area contributed by atoms with Crippen molar-refractivity contribution >= 4 is 16.7 Å². The van der Waals surface area contributed by atoms with Gasteiger partial charge < -0.3 is 19.5 Å². The topological polar surface area (TPSA) is 65.5 Å². The maximum Gasteiger partial charge on any atom is 0.205 e. The monoisotopic (exact) mass is 291 g/mol. The third-order valence-electron chi connectivity index (χ3n) is 3.43. The molecule has 21 heavy (non-hydrogen) atoms. The zero-order chi connectivity index (χ0) is 15.4. The zero-order valence-corrected chi connectivity index (χ0v) is 13.1. The maximum absolute atomic E-state index is 5.46. The lowest BCUT2D eigenvalue weighted by Gasteiger charge is -2.17. The van der Waals surface area contributed by atoms with Gasteiger partial charge in [0.15, 0.2) is 11.5 Å². The number of rotatable bonds is 6. The number of benzene rings is 1. The van der Waals surface area contributed by atoms with Gasteiger partial charge in [-0.05, 0) is 19.4 Å². The molecule has 0 aliphatic heterocycles. The van der Waals surface area contributed by atoms with Crippen LogP contribution < -0.4 is 19.5 Å². The molecule has 0 amide bonds. The van der Waals surface area contributed by atoms with Crippen LogP contribution in [0.2, 0.25) is 0 Å². The maximum atomic E-state index is 5.46. The Balaban J connectivity index is 2.69. The smallest absolute Gasteiger partial charge is 0.205 e. The molecule has 114 valence electrons. The zero-order valence-electron chi connectivity index (χ0n) is 13.1. The third-order valence-corrected chi connectivity index (χ3v) is 3.43. The summed E-state index contributed by atoms with van der Waals surface area (Å²) in [5.41, 5.74) is 0.691. The fourth-order valence-electron chi connectivity index (χ4n) is 2.11. The van der Waals surface area contributed by atoms with Crippen LogP contribution >= 0.6 is 0 Å². The minimum Gasteiger partial charge on any atom is -0.493 e. The molecule has 0 bridgehead atoms. The SMILES string of the molecule is CCC(C)Nc1ncnc2c(OC)c(OC)c(OC)cc12. The Bertz CT molecular complexity index is 631. The quantitative estimate of drug-likeness (QED) is 0.883. The molecule has 0 aliphatic carbocycles. The summed E-state index contributed by atoms with van der Waals surface area (Å²) >= 11 is 0. The van der Waals surface area contributed by atoms with Crippen LogP contribution in [0.5, 0.6) is 17.2 Å². The summed E-state index contributed by atoms with van der Waals surface area (Å²) in [7, 11) is 4.75. The van der Waals surface area contributed by atoms with Gasteiger partial charge in [-0.3, -0.25) is 0 Å². The second-order valence-electron chi connectivity index (χ2n) is 4.72. The van der Waals surface area contributed by atoms with Gasteiger partial charge in [-0.15, -0.1) is 0 Å². The molecule has 1 atom stereocenters. The molecular formula is C15H21N3O3. The summed E-state index contributed by atoms with van der Waals surface area (Å²) < 4.78 is 16.2. The number of aromatic nitrogens is 2. The van der Waals surface area contributed by atoms with Gasteiger partial charge >= 0.3 is 0 Å². The van der Waals surface area contributed by atoms with Gasteiger partial charge in [0.25, 0.3) is 0 Å². The molecule has 1 unspecified atom stereocenters. The highest BCUT2D eigenvalue weighted by atomic mass is 16.5. The highest BCUT2D eigenvalue weighted by Crippen LogP contribution is 2.43. The van der Waals surface area contributed by atoms with Crippen molar-refractivity contribution in [3.63, 3.8) is 0 Å². The van der Waals surface area contributed by atoms with Crippen molar-refractivity contribution < 1.29 is 14.2 Å². The Kier molecular flexibility index (Phi) is 4.67. The molecule has 6 nitrogen and oxygen atoms in total. The van der Waals surface area contributed by atoms with E-state index in [9.17, 15) is 0 Å². The van der Waals surface area contributed by atoms with E-state index in [-0.39, 0.29) is 0 Å². The molecule has 2 rings (SSSR count). The van der Waals surface area contributed by atoms with E-state index in [4.69, 9.17) is 14.2 Å². The average molecular weight is 291 g/mol. The van der Waals surface area contributed by atoms with Gasteiger partial charge in [-0.1, -0.05) is 6.92 Å². The fourth-order valence-corrected chi connectivity index (χ4v) is 2.11. The predicted molar refractivity (Wildman–Crippen MR) is 82.6 cm³/mol. The lowest BCUT2D eigenvalue weighted by Crippen LogP contribution is -2.15. The highest BCUT2D eigenvalue weighted by Gasteiger charge is 2.19. The molecule has 1 aromatic carbocycles. The first-order valence-corrected chi connectivity index (χ1v) is 6.86. The van der Waals surface area contributed by atoms with E-state index < -0.39 is 0 Å². The molecule has 1 aromatic heterocycles. The Morgan fingerprint density at radius 3 is 2.38 bits per heavy atom. The van der Waals surface area contributed by atoms with Crippen LogP contribution in [0.4, 0.5) is 5.82 Å². The van der Waals surface area contributed by atoms with Crippen molar-refractivity contribution in [1.29, 1.82) is 0 Å². The van der Waals surface area contributed by atoms with Crippen molar-refractivity contribution in [3.8, 4) is 17.2 Å². The van der Waals surface area contributed by atoms with Gasteiger partial charge in [0, 0.05) is 6.04 Å². The molecule has 0 aliphatic rings. The van der Waals surface area contributed by atoms with E-state index >= 15 is 0 Å². The molecule has 0 saturated heterocycles. The van der Waals surface area contributed by atoms with Crippen LogP contribution in [-0.4, -0.2) is 37.3 Å². The molecule has 0 saturated carbocycles. The number of nitrogens with one attached hydrogen (secondary N) is 1. The van der Waals surface area contributed by atoms with Crippen LogP contribution in [0.3, 0.4) is 0 Å². The lowest BCUT2D eigenvalue weighted by atomic mass is 10.1. The van der Waals surface area contributed by atoms with E-state index in [0.29, 0.717) is 28.8 Å². The molecular weight excluding hydrogens is 270 g/mol. The van der Waals surface area contributed by atoms with Crippen molar-refractivity contribution in [2.75, 3.05) is 26.6 Å². The van der Waals surface area contributed by atoms with Gasteiger partial charge in [0.2, 0.25) is 5.75 Å². The van der Waals surface area contributed by atoms with Crippen LogP contribution in [0.1, 0.15) is 20.3 Å². The first kappa shape index (κ1) is 15.2. The number of hydrogen-bond donors (Lipinski definition) is 1. The summed E-state index contributed by atoms with van der Waals surface area (Å²) in [5.74, 6) is 2.42. The molecule has 0 fully saturated rings. The first-order chi connectivity index (χ1) is 10.2. The van der Waals surface area contributed by atoms with Crippen LogP contribution in [0.25, 0.3) is 10.9 Å². The van der Waals surface area contributed by atoms with Crippen LogP contribution in [-0.2, 0) is 0 Å². The number of nitrogens with zero attached hydrogens (tertiary/aromatic N) is 2. The van der Waals surface area contributed by atoms with Crippen LogP contribution in [0.15, 0.2) is 12.4 Å². The van der Waals surface area contributed by atoms with E-state index in [1.807, 2.05) is 6.07 Å². The summed E-state index contributed by atoms with van der Waals surface area (Å²) in [6.45, 7) is 4.22. The number of anilines is 1. The van der Waals surface area contributed by atoms with E-state index in [0.717, 1.165) is 17.6 Å². The minimum atomic E-state index is 0.308. The summed E-state index contributed by atoms with van der Waals surface area (Å²) in [6, 6.07) is 2.17. The Labute approximate surface area is 124 Å². The van der Waals surface area contributed by atoms with Crippen LogP contribution in [0, 0.1) is 0 Å². The van der Waals surface area contributed by atoms with E-state index in [1.165, 1.54) is 6.33 Å². The lowest BCUT2D eigenvalue weighted by molar-refractivity contribution is 0.327. The fraction of sp³-hybridized carbons (Fsp3) is 0.467. The van der Waals surface area contributed by atoms with Crippen molar-refractivity contribution in [2.24, 2.45) is 0 Å². The second kappa shape index (κ2) is 6.47. The largest absolute Gasteiger partial charge is 0.493 e. The van der Waals surface area contributed by atoms with Crippen molar-refractivity contribution in [2.45, 2.75) is 26.3 Å². The molecule has 0 radical (unpaired) electrons. The molecule has 2 aromatic rings. The average Bonchev–Trinajstić information content (AvgIpc) is 2.52. The number of fused-ring (bicyclic) bond motifs is 1. The number of methoxy groups -OCH3 is 3. The normalized spacial score (nSPS) is 12.0. The first-order valence-electron chi connectivity index (χ1n) is 6.86. The molecule has 1 heterocycles. The molecule has 0 spiro atoms. The highest BCUT2D eigenvalue weighted by molar-refractivity contribution is 5.96. The number of hydrogen-bond acceptors (Lipinski definition) is 6. The van der Waals surface area contributed by atoms with Gasteiger partial charge in [0.1, 0.15) is 17.7 Å². The summed E-state index contributed by atoms with van der Waals surface area (Å²) in [4.78, 5) is 8.65. The van der Waals surface area contributed by atoms with Gasteiger partial charge in [-0.2, -0.15) is 0 Å². The van der Waals surface area contributed by atoms with Gasteiger partial charge in [0.05, 0.1) is 26.7 Å². The minimum absolute atomic E-state index is 0.308.